The fourth-order valence-corrected chi connectivity index (χ4v) is 3.09. The number of methoxy groups -OCH3 is 2. The van der Waals surface area contributed by atoms with Crippen molar-refractivity contribution in [2.24, 2.45) is 0 Å². The quantitative estimate of drug-likeness (QED) is 0.692. The average Bonchev–Trinajstić information content (AvgIpc) is 2.71. The third kappa shape index (κ3) is 4.78. The van der Waals surface area contributed by atoms with Gasteiger partial charge in [-0.1, -0.05) is 0 Å². The Morgan fingerprint density at radius 1 is 0.821 bits per heavy atom. The monoisotopic (exact) mass is 407 g/mol. The highest BCUT2D eigenvalue weighted by molar-refractivity contribution is 7.89. The van der Waals surface area contributed by atoms with Gasteiger partial charge in [0, 0.05) is 31.3 Å². The summed E-state index contributed by atoms with van der Waals surface area (Å²) in [7, 11) is 2.16. The zero-order chi connectivity index (χ0) is 20.9. The molecule has 0 bridgehead atoms. The second-order valence-corrected chi connectivity index (χ2v) is 7.97. The molecule has 0 aliphatic rings. The molecule has 2 rings (SSSR count). The Hall–Kier alpha value is -3.11. The SMILES string of the molecule is COc1cc(OC)cc(C(=O)NNC(=O)c2ccc(S(=O)(=O)N(C)C)cc2)c1. The summed E-state index contributed by atoms with van der Waals surface area (Å²) in [6, 6.07) is 9.94. The lowest BCUT2D eigenvalue weighted by Gasteiger charge is -2.12. The van der Waals surface area contributed by atoms with Gasteiger partial charge in [0.25, 0.3) is 11.8 Å². The second kappa shape index (κ2) is 8.72. The van der Waals surface area contributed by atoms with E-state index in [1.165, 1.54) is 64.7 Å². The maximum absolute atomic E-state index is 12.3. The van der Waals surface area contributed by atoms with Gasteiger partial charge in [0.1, 0.15) is 11.5 Å². The summed E-state index contributed by atoms with van der Waals surface area (Å²) in [5.74, 6) is -0.323. The predicted molar refractivity (Wildman–Crippen MR) is 102 cm³/mol. The van der Waals surface area contributed by atoms with Crippen molar-refractivity contribution >= 4 is 21.8 Å². The van der Waals surface area contributed by atoms with Crippen LogP contribution in [0, 0.1) is 0 Å². The van der Waals surface area contributed by atoms with Gasteiger partial charge >= 0.3 is 0 Å². The van der Waals surface area contributed by atoms with E-state index in [2.05, 4.69) is 10.9 Å². The van der Waals surface area contributed by atoms with Crippen molar-refractivity contribution in [3.63, 3.8) is 0 Å². The number of carbonyl (C=O) groups is 2. The fourth-order valence-electron chi connectivity index (χ4n) is 2.19. The molecule has 10 heteroatoms. The summed E-state index contributed by atoms with van der Waals surface area (Å²) in [6.07, 6.45) is 0. The first-order chi connectivity index (χ1) is 13.2. The largest absolute Gasteiger partial charge is 0.497 e. The molecule has 0 atom stereocenters. The molecule has 0 spiro atoms. The fraction of sp³-hybridized carbons (Fsp3) is 0.222. The number of hydrogen-bond acceptors (Lipinski definition) is 6. The van der Waals surface area contributed by atoms with Gasteiger partial charge in [-0.05, 0) is 36.4 Å². The molecule has 0 saturated carbocycles. The molecule has 150 valence electrons. The van der Waals surface area contributed by atoms with Gasteiger partial charge in [-0.2, -0.15) is 0 Å². The van der Waals surface area contributed by atoms with E-state index in [-0.39, 0.29) is 16.0 Å². The van der Waals surface area contributed by atoms with E-state index in [1.807, 2.05) is 0 Å². The normalized spacial score (nSPS) is 11.0. The first-order valence-electron chi connectivity index (χ1n) is 8.05. The van der Waals surface area contributed by atoms with Crippen LogP contribution in [0.5, 0.6) is 11.5 Å². The van der Waals surface area contributed by atoms with Crippen molar-refractivity contribution in [1.82, 2.24) is 15.2 Å². The number of hydrogen-bond donors (Lipinski definition) is 2. The number of nitrogens with zero attached hydrogens (tertiary/aromatic N) is 1. The maximum Gasteiger partial charge on any atom is 0.269 e. The van der Waals surface area contributed by atoms with Crippen LogP contribution in [0.15, 0.2) is 47.4 Å². The Morgan fingerprint density at radius 3 is 1.71 bits per heavy atom. The molecule has 0 radical (unpaired) electrons. The van der Waals surface area contributed by atoms with Crippen LogP contribution >= 0.6 is 0 Å². The molecule has 0 aliphatic carbocycles. The number of amides is 2. The third-order valence-electron chi connectivity index (χ3n) is 3.80. The van der Waals surface area contributed by atoms with Crippen LogP contribution < -0.4 is 20.3 Å². The van der Waals surface area contributed by atoms with Crippen LogP contribution in [0.2, 0.25) is 0 Å². The summed E-state index contributed by atoms with van der Waals surface area (Å²) in [5, 5.41) is 0. The lowest BCUT2D eigenvalue weighted by atomic mass is 10.2. The van der Waals surface area contributed by atoms with Gasteiger partial charge in [0.15, 0.2) is 0 Å². The van der Waals surface area contributed by atoms with E-state index in [1.54, 1.807) is 6.07 Å². The van der Waals surface area contributed by atoms with E-state index >= 15 is 0 Å². The van der Waals surface area contributed by atoms with Gasteiger partial charge < -0.3 is 9.47 Å². The van der Waals surface area contributed by atoms with Crippen LogP contribution in [0.25, 0.3) is 0 Å². The van der Waals surface area contributed by atoms with Crippen molar-refractivity contribution < 1.29 is 27.5 Å². The molecule has 2 N–H and O–H groups in total. The van der Waals surface area contributed by atoms with E-state index < -0.39 is 21.8 Å². The van der Waals surface area contributed by atoms with E-state index in [9.17, 15) is 18.0 Å². The Balaban J connectivity index is 2.07. The number of ether oxygens (including phenoxy) is 2. The molecule has 0 aromatic heterocycles. The van der Waals surface area contributed by atoms with Crippen LogP contribution in [-0.4, -0.2) is 52.9 Å². The summed E-state index contributed by atoms with van der Waals surface area (Å²) in [4.78, 5) is 24.5. The molecule has 0 heterocycles. The molecule has 0 fully saturated rings. The van der Waals surface area contributed by atoms with E-state index in [0.29, 0.717) is 11.5 Å². The standard InChI is InChI=1S/C18H21N3O6S/c1-21(2)28(24,25)16-7-5-12(6-8-16)17(22)19-20-18(23)13-9-14(26-3)11-15(10-13)27-4/h5-11H,1-4H3,(H,19,22)(H,20,23). The lowest BCUT2D eigenvalue weighted by Crippen LogP contribution is -2.41. The highest BCUT2D eigenvalue weighted by atomic mass is 32.2. The number of hydrazine groups is 1. The molecule has 2 aromatic carbocycles. The first kappa shape index (κ1) is 21.2. The molecular weight excluding hydrogens is 386 g/mol. The predicted octanol–water partition coefficient (Wildman–Crippen LogP) is 1.03. The van der Waals surface area contributed by atoms with Crippen LogP contribution in [0.4, 0.5) is 0 Å². The number of rotatable bonds is 6. The minimum Gasteiger partial charge on any atom is -0.497 e. The molecule has 0 aliphatic heterocycles. The highest BCUT2D eigenvalue weighted by Crippen LogP contribution is 2.22. The second-order valence-electron chi connectivity index (χ2n) is 5.82. The number of sulfonamides is 1. The van der Waals surface area contributed by atoms with Gasteiger partial charge in [-0.15, -0.1) is 0 Å². The van der Waals surface area contributed by atoms with E-state index in [4.69, 9.17) is 9.47 Å². The van der Waals surface area contributed by atoms with E-state index in [0.717, 1.165) is 4.31 Å². The Morgan fingerprint density at radius 2 is 1.29 bits per heavy atom. The topological polar surface area (TPSA) is 114 Å². The minimum absolute atomic E-state index is 0.0570. The third-order valence-corrected chi connectivity index (χ3v) is 5.63. The van der Waals surface area contributed by atoms with Crippen LogP contribution in [0.1, 0.15) is 20.7 Å². The summed E-state index contributed by atoms with van der Waals surface area (Å²) in [5.41, 5.74) is 4.97. The Labute approximate surface area is 163 Å². The number of benzene rings is 2. The van der Waals surface area contributed by atoms with Crippen molar-refractivity contribution in [2.75, 3.05) is 28.3 Å². The zero-order valence-electron chi connectivity index (χ0n) is 15.8. The maximum atomic E-state index is 12.3. The summed E-state index contributed by atoms with van der Waals surface area (Å²) >= 11 is 0. The molecular formula is C18H21N3O6S. The highest BCUT2D eigenvalue weighted by Gasteiger charge is 2.18. The van der Waals surface area contributed by atoms with Gasteiger partial charge in [0.05, 0.1) is 19.1 Å². The molecule has 0 unspecified atom stereocenters. The molecule has 28 heavy (non-hydrogen) atoms. The Bertz CT molecular complexity index is 949. The van der Waals surface area contributed by atoms with Crippen molar-refractivity contribution in [3.05, 3.63) is 53.6 Å². The van der Waals surface area contributed by atoms with Crippen LogP contribution in [0.3, 0.4) is 0 Å². The summed E-state index contributed by atoms with van der Waals surface area (Å²) < 4.78 is 35.3. The average molecular weight is 407 g/mol. The van der Waals surface area contributed by atoms with Crippen molar-refractivity contribution in [1.29, 1.82) is 0 Å². The zero-order valence-corrected chi connectivity index (χ0v) is 16.7. The lowest BCUT2D eigenvalue weighted by molar-refractivity contribution is 0.0846. The molecule has 2 aromatic rings. The first-order valence-corrected chi connectivity index (χ1v) is 9.49. The Kier molecular flexibility index (Phi) is 6.60. The number of nitrogens with one attached hydrogen (secondary N) is 2. The van der Waals surface area contributed by atoms with Gasteiger partial charge in [0.2, 0.25) is 10.0 Å². The molecule has 9 nitrogen and oxygen atoms in total. The molecule has 0 saturated heterocycles. The van der Waals surface area contributed by atoms with Gasteiger partial charge in [-0.3, -0.25) is 20.4 Å². The minimum atomic E-state index is -3.59. The van der Waals surface area contributed by atoms with Crippen LogP contribution in [-0.2, 0) is 10.0 Å². The van der Waals surface area contributed by atoms with Crippen molar-refractivity contribution in [3.8, 4) is 11.5 Å². The number of carbonyl (C=O) groups excluding carboxylic acids is 2. The summed E-state index contributed by atoms with van der Waals surface area (Å²) in [6.45, 7) is 0. The smallest absolute Gasteiger partial charge is 0.269 e. The van der Waals surface area contributed by atoms with Crippen molar-refractivity contribution in [2.45, 2.75) is 4.90 Å². The van der Waals surface area contributed by atoms with Gasteiger partial charge in [-0.25, -0.2) is 12.7 Å². The molecule has 2 amide bonds.